The minimum absolute atomic E-state index is 0.220. The Balaban J connectivity index is 2.09. The van der Waals surface area contributed by atoms with Crippen LogP contribution in [0.2, 0.25) is 10.0 Å². The summed E-state index contributed by atoms with van der Waals surface area (Å²) in [7, 11) is 3.01. The van der Waals surface area contributed by atoms with E-state index in [0.29, 0.717) is 38.0 Å². The quantitative estimate of drug-likeness (QED) is 0.657. The molecule has 0 saturated carbocycles. The number of fused-ring (bicyclic) bond motifs is 1. The molecule has 26 heavy (non-hydrogen) atoms. The molecule has 2 aromatic carbocycles. The molecule has 0 spiro atoms. The van der Waals surface area contributed by atoms with Crippen LogP contribution in [0.1, 0.15) is 11.4 Å². The maximum Gasteiger partial charge on any atom is 0.259 e. The molecule has 134 valence electrons. The van der Waals surface area contributed by atoms with Crippen molar-refractivity contribution in [1.82, 2.24) is 9.97 Å². The van der Waals surface area contributed by atoms with Gasteiger partial charge in [-0.25, -0.2) is 4.98 Å². The molecule has 8 heteroatoms. The van der Waals surface area contributed by atoms with Crippen molar-refractivity contribution >= 4 is 56.8 Å². The zero-order chi connectivity index (χ0) is 18.8. The van der Waals surface area contributed by atoms with Gasteiger partial charge in [0.05, 0.1) is 35.2 Å². The molecule has 0 aliphatic carbocycles. The fraction of sp³-hybridized carbons (Fsp3) is 0.111. The van der Waals surface area contributed by atoms with Gasteiger partial charge in [0, 0.05) is 5.02 Å². The van der Waals surface area contributed by atoms with Crippen molar-refractivity contribution in [2.45, 2.75) is 0 Å². The van der Waals surface area contributed by atoms with Gasteiger partial charge in [0.25, 0.3) is 5.56 Å². The first-order valence-corrected chi connectivity index (χ1v) is 8.55. The van der Waals surface area contributed by atoms with E-state index in [1.165, 1.54) is 14.2 Å². The van der Waals surface area contributed by atoms with E-state index in [1.807, 2.05) is 0 Å². The normalized spacial score (nSPS) is 11.7. The van der Waals surface area contributed by atoms with Crippen LogP contribution in [-0.2, 0) is 0 Å². The second-order valence-electron chi connectivity index (χ2n) is 5.31. The van der Waals surface area contributed by atoms with Gasteiger partial charge >= 0.3 is 0 Å². The molecule has 0 amide bonds. The summed E-state index contributed by atoms with van der Waals surface area (Å²) in [6, 6.07) is 8.22. The predicted molar refractivity (Wildman–Crippen MR) is 106 cm³/mol. The lowest BCUT2D eigenvalue weighted by Gasteiger charge is -2.10. The first-order chi connectivity index (χ1) is 12.4. The van der Waals surface area contributed by atoms with Crippen molar-refractivity contribution < 1.29 is 9.47 Å². The summed E-state index contributed by atoms with van der Waals surface area (Å²) in [5, 5.41) is 1.51. The molecule has 0 aliphatic rings. The number of aromatic nitrogens is 2. The lowest BCUT2D eigenvalue weighted by molar-refractivity contribution is 0.355. The highest BCUT2D eigenvalue weighted by Crippen LogP contribution is 2.37. The first-order valence-electron chi connectivity index (χ1n) is 7.41. The lowest BCUT2D eigenvalue weighted by atomic mass is 10.1. The second kappa shape index (κ2) is 7.58. The molecule has 0 saturated heterocycles. The van der Waals surface area contributed by atoms with E-state index in [2.05, 4.69) is 9.97 Å². The number of rotatable bonds is 4. The molecule has 1 aromatic heterocycles. The van der Waals surface area contributed by atoms with Gasteiger partial charge in [0.1, 0.15) is 0 Å². The molecule has 0 aliphatic heterocycles. The van der Waals surface area contributed by atoms with E-state index in [4.69, 9.17) is 44.3 Å². The molecule has 5 nitrogen and oxygen atoms in total. The summed E-state index contributed by atoms with van der Waals surface area (Å²) < 4.78 is 10.5. The molecule has 0 unspecified atom stereocenters. The fourth-order valence-corrected chi connectivity index (χ4v) is 3.14. The Hall–Kier alpha value is -2.21. The van der Waals surface area contributed by atoms with Crippen LogP contribution in [-0.4, -0.2) is 24.2 Å². The van der Waals surface area contributed by atoms with E-state index in [9.17, 15) is 4.79 Å². The lowest BCUT2D eigenvalue weighted by Crippen LogP contribution is -2.10. The van der Waals surface area contributed by atoms with Crippen molar-refractivity contribution in [3.05, 3.63) is 62.1 Å². The van der Waals surface area contributed by atoms with Crippen molar-refractivity contribution in [2.75, 3.05) is 14.2 Å². The minimum Gasteiger partial charge on any atom is -0.493 e. The van der Waals surface area contributed by atoms with Crippen molar-refractivity contribution in [3.8, 4) is 11.5 Å². The number of ether oxygens (including phenoxy) is 2. The molecule has 0 radical (unpaired) electrons. The number of benzene rings is 2. The topological polar surface area (TPSA) is 64.2 Å². The number of hydrogen-bond donors (Lipinski definition) is 1. The van der Waals surface area contributed by atoms with Gasteiger partial charge in [-0.1, -0.05) is 34.8 Å². The second-order valence-corrected chi connectivity index (χ2v) is 6.56. The number of methoxy groups -OCH3 is 2. The van der Waals surface area contributed by atoms with Crippen LogP contribution in [0.5, 0.6) is 11.5 Å². The van der Waals surface area contributed by atoms with E-state index in [1.54, 1.807) is 36.4 Å². The third-order valence-electron chi connectivity index (χ3n) is 3.64. The number of halogens is 3. The maximum atomic E-state index is 12.2. The van der Waals surface area contributed by atoms with E-state index < -0.39 is 0 Å². The van der Waals surface area contributed by atoms with Gasteiger partial charge in [0.15, 0.2) is 17.3 Å². The molecule has 0 bridgehead atoms. The summed E-state index contributed by atoms with van der Waals surface area (Å²) >= 11 is 18.5. The van der Waals surface area contributed by atoms with Crippen molar-refractivity contribution in [3.63, 3.8) is 0 Å². The molecule has 1 heterocycles. The van der Waals surface area contributed by atoms with Crippen LogP contribution in [0.3, 0.4) is 0 Å². The number of nitrogens with zero attached hydrogens (tertiary/aromatic N) is 1. The van der Waals surface area contributed by atoms with E-state index in [-0.39, 0.29) is 16.4 Å². The summed E-state index contributed by atoms with van der Waals surface area (Å²) in [4.78, 5) is 19.2. The molecule has 1 N–H and O–H groups in total. The Morgan fingerprint density at radius 1 is 1.15 bits per heavy atom. The van der Waals surface area contributed by atoms with Gasteiger partial charge in [-0.05, 0) is 42.0 Å². The average molecular weight is 412 g/mol. The first kappa shape index (κ1) is 18.6. The monoisotopic (exact) mass is 410 g/mol. The fourth-order valence-electron chi connectivity index (χ4n) is 2.46. The Labute approximate surface area is 164 Å². The smallest absolute Gasteiger partial charge is 0.259 e. The van der Waals surface area contributed by atoms with Crippen molar-refractivity contribution in [2.24, 2.45) is 0 Å². The molecule has 3 rings (SSSR count). The number of H-pyrrole nitrogens is 1. The third kappa shape index (κ3) is 3.65. The molecular weight excluding hydrogens is 399 g/mol. The molecule has 0 fully saturated rings. The van der Waals surface area contributed by atoms with Gasteiger partial charge in [-0.15, -0.1) is 0 Å². The molecule has 3 aromatic rings. The zero-order valence-electron chi connectivity index (χ0n) is 13.8. The zero-order valence-corrected chi connectivity index (χ0v) is 16.0. The van der Waals surface area contributed by atoms with Gasteiger partial charge < -0.3 is 14.5 Å². The van der Waals surface area contributed by atoms with Crippen molar-refractivity contribution in [1.29, 1.82) is 0 Å². The summed E-state index contributed by atoms with van der Waals surface area (Å²) in [6.45, 7) is 0. The standard InChI is InChI=1S/C18H13Cl3N2O3/c1-25-15-7-9(5-12(20)16(15)26-2)6-13(21)17-22-14-8-10(19)3-4-11(14)18(24)23-17/h3-8H,1-2H3,(H,22,23,24)/b13-6-. The van der Waals surface area contributed by atoms with Crippen LogP contribution < -0.4 is 15.0 Å². The summed E-state index contributed by atoms with van der Waals surface area (Å²) in [5.74, 6) is 1.11. The number of aromatic amines is 1. The van der Waals surface area contributed by atoms with E-state index in [0.717, 1.165) is 0 Å². The molecule has 0 atom stereocenters. The van der Waals surface area contributed by atoms with Gasteiger partial charge in [-0.3, -0.25) is 4.79 Å². The third-order valence-corrected chi connectivity index (χ3v) is 4.45. The largest absolute Gasteiger partial charge is 0.493 e. The highest BCUT2D eigenvalue weighted by Gasteiger charge is 2.12. The SMILES string of the molecule is COc1cc(/C=C(\Cl)c2nc3cc(Cl)ccc3c(=O)[nH]2)cc(Cl)c1OC. The van der Waals surface area contributed by atoms with E-state index >= 15 is 0 Å². The van der Waals surface area contributed by atoms with Gasteiger partial charge in [0.2, 0.25) is 0 Å². The highest BCUT2D eigenvalue weighted by atomic mass is 35.5. The Morgan fingerprint density at radius 3 is 2.62 bits per heavy atom. The van der Waals surface area contributed by atoms with Crippen LogP contribution in [0, 0.1) is 0 Å². The Kier molecular flexibility index (Phi) is 5.41. The summed E-state index contributed by atoms with van der Waals surface area (Å²) in [6.07, 6.45) is 1.62. The highest BCUT2D eigenvalue weighted by molar-refractivity contribution is 6.50. The van der Waals surface area contributed by atoms with Gasteiger partial charge in [-0.2, -0.15) is 0 Å². The number of nitrogens with one attached hydrogen (secondary N) is 1. The van der Waals surface area contributed by atoms with Crippen LogP contribution in [0.15, 0.2) is 35.1 Å². The summed E-state index contributed by atoms with van der Waals surface area (Å²) in [5.41, 5.74) is 0.804. The minimum atomic E-state index is -0.307. The Morgan fingerprint density at radius 2 is 1.92 bits per heavy atom. The van der Waals surface area contributed by atoms with Crippen LogP contribution in [0.25, 0.3) is 22.0 Å². The van der Waals surface area contributed by atoms with Crippen LogP contribution >= 0.6 is 34.8 Å². The predicted octanol–water partition coefficient (Wildman–Crippen LogP) is 4.98. The maximum absolute atomic E-state index is 12.2. The average Bonchev–Trinajstić information content (AvgIpc) is 2.60. The Bertz CT molecular complexity index is 1080. The number of hydrogen-bond acceptors (Lipinski definition) is 4. The molecular formula is C18H13Cl3N2O3. The van der Waals surface area contributed by atoms with Crippen LogP contribution in [0.4, 0.5) is 0 Å².